The van der Waals surface area contributed by atoms with Crippen LogP contribution in [0.15, 0.2) is 24.3 Å². The average Bonchev–Trinajstić information content (AvgIpc) is 2.48. The second-order valence-electron chi connectivity index (χ2n) is 6.23. The number of nitrogens with one attached hydrogen (secondary N) is 1. The van der Waals surface area contributed by atoms with Gasteiger partial charge in [0.05, 0.1) is 0 Å². The number of phenols is 1. The van der Waals surface area contributed by atoms with Crippen LogP contribution in [0.5, 0.6) is 5.75 Å². The minimum atomic E-state index is 0.351. The standard InChI is InChI=1S/C18H29NO/c1-3-5-14-6-10-16(11-7-14)19-18(4-2)15-8-12-17(20)13-9-15/h8-9,12-14,16,18-20H,3-7,10-11H2,1-2H3. The minimum absolute atomic E-state index is 0.351. The van der Waals surface area contributed by atoms with Crippen LogP contribution in [0.3, 0.4) is 0 Å². The second-order valence-corrected chi connectivity index (χ2v) is 6.23. The van der Waals surface area contributed by atoms with E-state index in [4.69, 9.17) is 0 Å². The van der Waals surface area contributed by atoms with Crippen molar-refractivity contribution in [2.24, 2.45) is 5.92 Å². The Morgan fingerprint density at radius 3 is 2.30 bits per heavy atom. The maximum atomic E-state index is 9.39. The van der Waals surface area contributed by atoms with Gasteiger partial charge in [0, 0.05) is 12.1 Å². The third-order valence-corrected chi connectivity index (χ3v) is 4.68. The highest BCUT2D eigenvalue weighted by molar-refractivity contribution is 5.28. The number of hydrogen-bond donors (Lipinski definition) is 2. The molecule has 1 aliphatic carbocycles. The monoisotopic (exact) mass is 275 g/mol. The smallest absolute Gasteiger partial charge is 0.115 e. The first kappa shape index (κ1) is 15.4. The van der Waals surface area contributed by atoms with Crippen molar-refractivity contribution in [3.05, 3.63) is 29.8 Å². The first-order chi connectivity index (χ1) is 9.72. The lowest BCUT2D eigenvalue weighted by Crippen LogP contribution is -2.35. The molecule has 1 atom stereocenters. The molecule has 0 spiro atoms. The van der Waals surface area contributed by atoms with Crippen LogP contribution in [0.4, 0.5) is 0 Å². The Morgan fingerprint density at radius 2 is 1.75 bits per heavy atom. The van der Waals surface area contributed by atoms with Crippen molar-refractivity contribution in [2.75, 3.05) is 0 Å². The van der Waals surface area contributed by atoms with E-state index in [1.807, 2.05) is 12.1 Å². The quantitative estimate of drug-likeness (QED) is 0.782. The highest BCUT2D eigenvalue weighted by Gasteiger charge is 2.22. The Morgan fingerprint density at radius 1 is 1.10 bits per heavy atom. The molecule has 1 aromatic rings. The summed E-state index contributed by atoms with van der Waals surface area (Å²) in [5, 5.41) is 13.2. The first-order valence-electron chi connectivity index (χ1n) is 8.27. The Hall–Kier alpha value is -1.02. The van der Waals surface area contributed by atoms with Gasteiger partial charge in [-0.05, 0) is 55.7 Å². The molecule has 0 heterocycles. The van der Waals surface area contributed by atoms with E-state index in [-0.39, 0.29) is 0 Å². The van der Waals surface area contributed by atoms with E-state index < -0.39 is 0 Å². The van der Waals surface area contributed by atoms with Crippen molar-refractivity contribution in [1.29, 1.82) is 0 Å². The molecule has 2 nitrogen and oxygen atoms in total. The predicted molar refractivity (Wildman–Crippen MR) is 84.9 cm³/mol. The van der Waals surface area contributed by atoms with Crippen LogP contribution in [-0.2, 0) is 0 Å². The van der Waals surface area contributed by atoms with Crippen LogP contribution < -0.4 is 5.32 Å². The zero-order chi connectivity index (χ0) is 14.4. The minimum Gasteiger partial charge on any atom is -0.508 e. The van der Waals surface area contributed by atoms with Gasteiger partial charge in [0.25, 0.3) is 0 Å². The van der Waals surface area contributed by atoms with Gasteiger partial charge in [-0.15, -0.1) is 0 Å². The average molecular weight is 275 g/mol. The molecule has 20 heavy (non-hydrogen) atoms. The molecule has 1 saturated carbocycles. The molecule has 0 saturated heterocycles. The van der Waals surface area contributed by atoms with Gasteiger partial charge >= 0.3 is 0 Å². The highest BCUT2D eigenvalue weighted by Crippen LogP contribution is 2.30. The molecule has 0 amide bonds. The van der Waals surface area contributed by atoms with Gasteiger partial charge in [-0.25, -0.2) is 0 Å². The summed E-state index contributed by atoms with van der Waals surface area (Å²) in [6.07, 6.45) is 9.24. The summed E-state index contributed by atoms with van der Waals surface area (Å²) >= 11 is 0. The Kier molecular flexibility index (Phi) is 5.90. The zero-order valence-electron chi connectivity index (χ0n) is 12.9. The molecule has 2 heteroatoms. The first-order valence-corrected chi connectivity index (χ1v) is 8.27. The van der Waals surface area contributed by atoms with E-state index in [9.17, 15) is 5.11 Å². The number of benzene rings is 1. The highest BCUT2D eigenvalue weighted by atomic mass is 16.3. The summed E-state index contributed by atoms with van der Waals surface area (Å²) in [7, 11) is 0. The summed E-state index contributed by atoms with van der Waals surface area (Å²) in [6.45, 7) is 4.52. The fraction of sp³-hybridized carbons (Fsp3) is 0.667. The lowest BCUT2D eigenvalue weighted by Gasteiger charge is -2.32. The van der Waals surface area contributed by atoms with E-state index in [0.717, 1.165) is 12.3 Å². The SMILES string of the molecule is CCCC1CCC(NC(CC)c2ccc(O)cc2)CC1. The summed E-state index contributed by atoms with van der Waals surface area (Å²) < 4.78 is 0. The largest absolute Gasteiger partial charge is 0.508 e. The van der Waals surface area contributed by atoms with Gasteiger partial charge < -0.3 is 10.4 Å². The van der Waals surface area contributed by atoms with Gasteiger partial charge in [-0.1, -0.05) is 38.8 Å². The molecule has 1 unspecified atom stereocenters. The Balaban J connectivity index is 1.86. The summed E-state index contributed by atoms with van der Waals surface area (Å²) in [4.78, 5) is 0. The van der Waals surface area contributed by atoms with Crippen LogP contribution in [0.2, 0.25) is 0 Å². The van der Waals surface area contributed by atoms with E-state index in [1.165, 1.54) is 44.1 Å². The van der Waals surface area contributed by atoms with Crippen molar-refractivity contribution in [3.63, 3.8) is 0 Å². The number of phenolic OH excluding ortho intramolecular Hbond substituents is 1. The van der Waals surface area contributed by atoms with Crippen LogP contribution in [0, 0.1) is 5.92 Å². The van der Waals surface area contributed by atoms with Crippen molar-refractivity contribution in [1.82, 2.24) is 5.32 Å². The Bertz CT molecular complexity index is 379. The molecule has 2 N–H and O–H groups in total. The molecule has 1 fully saturated rings. The van der Waals surface area contributed by atoms with Gasteiger partial charge in [0.2, 0.25) is 0 Å². The van der Waals surface area contributed by atoms with Crippen molar-refractivity contribution >= 4 is 0 Å². The molecule has 0 bridgehead atoms. The van der Waals surface area contributed by atoms with Crippen molar-refractivity contribution in [2.45, 2.75) is 70.9 Å². The number of rotatable bonds is 6. The van der Waals surface area contributed by atoms with E-state index in [2.05, 4.69) is 19.2 Å². The molecule has 112 valence electrons. The fourth-order valence-electron chi connectivity index (χ4n) is 3.47. The molecular weight excluding hydrogens is 246 g/mol. The molecule has 0 aromatic heterocycles. The molecule has 1 aliphatic rings. The molecule has 2 rings (SSSR count). The second kappa shape index (κ2) is 7.68. The third-order valence-electron chi connectivity index (χ3n) is 4.68. The number of hydrogen-bond acceptors (Lipinski definition) is 2. The lowest BCUT2D eigenvalue weighted by atomic mass is 9.83. The van der Waals surface area contributed by atoms with Crippen LogP contribution in [0.25, 0.3) is 0 Å². The van der Waals surface area contributed by atoms with Gasteiger partial charge in [0.1, 0.15) is 5.75 Å². The maximum absolute atomic E-state index is 9.39. The molecule has 0 aliphatic heterocycles. The van der Waals surface area contributed by atoms with Crippen LogP contribution >= 0.6 is 0 Å². The Labute approximate surface area is 123 Å². The normalized spacial score (nSPS) is 24.5. The number of aromatic hydroxyl groups is 1. The van der Waals surface area contributed by atoms with Gasteiger partial charge in [-0.2, -0.15) is 0 Å². The predicted octanol–water partition coefficient (Wildman–Crippen LogP) is 4.79. The molecule has 0 radical (unpaired) electrons. The summed E-state index contributed by atoms with van der Waals surface area (Å²) in [6, 6.07) is 8.75. The molecule has 1 aromatic carbocycles. The zero-order valence-corrected chi connectivity index (χ0v) is 12.9. The van der Waals surface area contributed by atoms with Crippen molar-refractivity contribution < 1.29 is 5.11 Å². The van der Waals surface area contributed by atoms with Gasteiger partial charge in [-0.3, -0.25) is 0 Å². The lowest BCUT2D eigenvalue weighted by molar-refractivity contribution is 0.261. The van der Waals surface area contributed by atoms with E-state index in [0.29, 0.717) is 17.8 Å². The van der Waals surface area contributed by atoms with Crippen LogP contribution in [-0.4, -0.2) is 11.1 Å². The maximum Gasteiger partial charge on any atom is 0.115 e. The van der Waals surface area contributed by atoms with Crippen molar-refractivity contribution in [3.8, 4) is 5.75 Å². The molecular formula is C18H29NO. The van der Waals surface area contributed by atoms with Gasteiger partial charge in [0.15, 0.2) is 0 Å². The fourth-order valence-corrected chi connectivity index (χ4v) is 3.47. The third kappa shape index (κ3) is 4.24. The van der Waals surface area contributed by atoms with E-state index in [1.54, 1.807) is 12.1 Å². The topological polar surface area (TPSA) is 32.3 Å². The summed E-state index contributed by atoms with van der Waals surface area (Å²) in [5.74, 6) is 1.32. The van der Waals surface area contributed by atoms with E-state index >= 15 is 0 Å². The summed E-state index contributed by atoms with van der Waals surface area (Å²) in [5.41, 5.74) is 1.29. The van der Waals surface area contributed by atoms with Crippen LogP contribution in [0.1, 0.15) is 70.4 Å².